The second-order valence-electron chi connectivity index (χ2n) is 7.78. The van der Waals surface area contributed by atoms with Gasteiger partial charge in [-0.05, 0) is 67.5 Å². The molecule has 0 bridgehead atoms. The summed E-state index contributed by atoms with van der Waals surface area (Å²) in [5, 5.41) is 17.7. The molecular weight excluding hydrogens is 475 g/mol. The first-order chi connectivity index (χ1) is 12.9. The molecule has 2 aromatic rings. The highest BCUT2D eigenvalue weighted by Crippen LogP contribution is 2.19. The Hall–Kier alpha value is -2.23. The van der Waals surface area contributed by atoms with E-state index in [0.29, 0.717) is 17.4 Å². The van der Waals surface area contributed by atoms with Crippen LogP contribution in [0.1, 0.15) is 44.5 Å². The number of benzene rings is 1. The number of pyridine rings is 1. The van der Waals surface area contributed by atoms with Gasteiger partial charge >= 0.3 is 11.9 Å². The van der Waals surface area contributed by atoms with E-state index in [1.54, 1.807) is 37.5 Å². The summed E-state index contributed by atoms with van der Waals surface area (Å²) in [6.45, 7) is 7.42. The Bertz CT molecular complexity index is 1000. The number of carboxylic acid groups (broad SMARTS) is 1. The Morgan fingerprint density at radius 2 is 1.96 bits per heavy atom. The maximum absolute atomic E-state index is 12.5. The maximum atomic E-state index is 12.5. The number of aromatic carboxylic acids is 1. The van der Waals surface area contributed by atoms with Gasteiger partial charge in [-0.15, -0.1) is 0 Å². The summed E-state index contributed by atoms with van der Waals surface area (Å²) >= 11 is 2.07. The van der Waals surface area contributed by atoms with E-state index in [1.165, 1.54) is 6.20 Å². The quantitative estimate of drug-likeness (QED) is 0.359. The Balaban J connectivity index is 2.31. The van der Waals surface area contributed by atoms with Gasteiger partial charge in [-0.25, -0.2) is 9.59 Å². The molecule has 0 fully saturated rings. The van der Waals surface area contributed by atoms with Crippen molar-refractivity contribution in [2.45, 2.75) is 46.3 Å². The minimum atomic E-state index is -1.28. The van der Waals surface area contributed by atoms with Crippen LogP contribution in [0.25, 0.3) is 10.9 Å². The number of fused-ring (bicyclic) bond motifs is 1. The minimum absolute atomic E-state index is 0.138. The van der Waals surface area contributed by atoms with E-state index in [2.05, 4.69) is 22.6 Å². The Labute approximate surface area is 176 Å². The molecule has 0 saturated carbocycles. The standard InChI is InChI=1S/C20H23IN2O5/c1-11(7-15(22)19(27)28-20(2,3)4)9-23-10-14(18(25)26)17(24)13-8-12(21)5-6-16(13)23/h5-6,8,10-11,22H,7,9H2,1-4H3,(H,25,26). The average Bonchev–Trinajstić information content (AvgIpc) is 2.55. The van der Waals surface area contributed by atoms with Gasteiger partial charge in [0.25, 0.3) is 0 Å². The van der Waals surface area contributed by atoms with Gasteiger partial charge in [0.2, 0.25) is 5.43 Å². The van der Waals surface area contributed by atoms with Gasteiger partial charge < -0.3 is 14.4 Å². The van der Waals surface area contributed by atoms with Crippen molar-refractivity contribution in [3.8, 4) is 0 Å². The number of nitrogens with zero attached hydrogens (tertiary/aromatic N) is 1. The molecule has 1 heterocycles. The summed E-state index contributed by atoms with van der Waals surface area (Å²) in [5.74, 6) is -2.09. The molecule has 150 valence electrons. The first-order valence-electron chi connectivity index (χ1n) is 8.76. The van der Waals surface area contributed by atoms with Crippen molar-refractivity contribution in [3.05, 3.63) is 43.8 Å². The van der Waals surface area contributed by atoms with Gasteiger partial charge in [-0.3, -0.25) is 10.2 Å². The molecule has 2 rings (SSSR count). The van der Waals surface area contributed by atoms with Crippen molar-refractivity contribution in [1.29, 1.82) is 5.41 Å². The lowest BCUT2D eigenvalue weighted by atomic mass is 10.0. The highest BCUT2D eigenvalue weighted by Gasteiger charge is 2.22. The van der Waals surface area contributed by atoms with Crippen LogP contribution in [-0.2, 0) is 16.1 Å². The topological polar surface area (TPSA) is 109 Å². The van der Waals surface area contributed by atoms with Crippen LogP contribution in [0.5, 0.6) is 0 Å². The molecule has 1 aromatic heterocycles. The van der Waals surface area contributed by atoms with Crippen LogP contribution < -0.4 is 5.43 Å². The van der Waals surface area contributed by atoms with Crippen molar-refractivity contribution in [1.82, 2.24) is 4.57 Å². The third-order valence-electron chi connectivity index (χ3n) is 3.98. The van der Waals surface area contributed by atoms with Crippen LogP contribution in [0.2, 0.25) is 0 Å². The Morgan fingerprint density at radius 1 is 1.32 bits per heavy atom. The minimum Gasteiger partial charge on any atom is -0.477 e. The fourth-order valence-corrected chi connectivity index (χ4v) is 3.34. The monoisotopic (exact) mass is 498 g/mol. The average molecular weight is 498 g/mol. The maximum Gasteiger partial charge on any atom is 0.352 e. The zero-order chi connectivity index (χ0) is 21.2. The van der Waals surface area contributed by atoms with Crippen molar-refractivity contribution >= 4 is 51.1 Å². The van der Waals surface area contributed by atoms with Gasteiger partial charge in [0.05, 0.1) is 5.52 Å². The summed E-state index contributed by atoms with van der Waals surface area (Å²) in [7, 11) is 0. The van der Waals surface area contributed by atoms with E-state index >= 15 is 0 Å². The molecule has 0 amide bonds. The molecule has 8 heteroatoms. The number of esters is 1. The lowest BCUT2D eigenvalue weighted by Crippen LogP contribution is -2.30. The second-order valence-corrected chi connectivity index (χ2v) is 9.03. The summed E-state index contributed by atoms with van der Waals surface area (Å²) in [5.41, 5.74) is -1.02. The summed E-state index contributed by atoms with van der Waals surface area (Å²) in [4.78, 5) is 36.0. The van der Waals surface area contributed by atoms with E-state index in [0.717, 1.165) is 3.57 Å². The largest absolute Gasteiger partial charge is 0.477 e. The van der Waals surface area contributed by atoms with Gasteiger partial charge in [0.1, 0.15) is 16.9 Å². The van der Waals surface area contributed by atoms with Crippen molar-refractivity contribution < 1.29 is 19.4 Å². The molecular formula is C20H23IN2O5. The molecule has 0 aliphatic heterocycles. The molecule has 28 heavy (non-hydrogen) atoms. The lowest BCUT2D eigenvalue weighted by Gasteiger charge is -2.21. The highest BCUT2D eigenvalue weighted by molar-refractivity contribution is 14.1. The number of hydrogen-bond donors (Lipinski definition) is 2. The second kappa shape index (κ2) is 8.42. The number of aromatic nitrogens is 1. The Kier molecular flexibility index (Phi) is 6.63. The van der Waals surface area contributed by atoms with Crippen LogP contribution >= 0.6 is 22.6 Å². The highest BCUT2D eigenvalue weighted by atomic mass is 127. The zero-order valence-corrected chi connectivity index (χ0v) is 18.4. The van der Waals surface area contributed by atoms with Crippen LogP contribution in [0.3, 0.4) is 0 Å². The van der Waals surface area contributed by atoms with E-state index < -0.39 is 23.0 Å². The predicted molar refractivity (Wildman–Crippen MR) is 115 cm³/mol. The van der Waals surface area contributed by atoms with Crippen LogP contribution in [0, 0.1) is 14.9 Å². The molecule has 0 spiro atoms. The number of carboxylic acids is 1. The van der Waals surface area contributed by atoms with Crippen molar-refractivity contribution in [2.75, 3.05) is 0 Å². The van der Waals surface area contributed by atoms with E-state index in [9.17, 15) is 19.5 Å². The first-order valence-corrected chi connectivity index (χ1v) is 9.83. The van der Waals surface area contributed by atoms with Crippen molar-refractivity contribution in [3.63, 3.8) is 0 Å². The number of hydrogen-bond acceptors (Lipinski definition) is 5. The zero-order valence-electron chi connectivity index (χ0n) is 16.2. The van der Waals surface area contributed by atoms with Crippen LogP contribution in [0.4, 0.5) is 0 Å². The molecule has 7 nitrogen and oxygen atoms in total. The van der Waals surface area contributed by atoms with Gasteiger partial charge in [0, 0.05) is 28.1 Å². The third kappa shape index (κ3) is 5.40. The predicted octanol–water partition coefficient (Wildman–Crippen LogP) is 3.69. The molecule has 0 aliphatic rings. The molecule has 2 N–H and O–H groups in total. The number of rotatable bonds is 6. The number of carbonyl (C=O) groups is 2. The third-order valence-corrected chi connectivity index (χ3v) is 4.65. The lowest BCUT2D eigenvalue weighted by molar-refractivity contribution is -0.146. The summed E-state index contributed by atoms with van der Waals surface area (Å²) < 4.78 is 7.74. The number of nitrogens with one attached hydrogen (secondary N) is 1. The molecule has 0 radical (unpaired) electrons. The number of ether oxygens (including phenoxy) is 1. The molecule has 0 aliphatic carbocycles. The SMILES string of the molecule is CC(CC(=N)C(=O)OC(C)(C)C)Cn1cc(C(=O)O)c(=O)c2cc(I)ccc21. The van der Waals surface area contributed by atoms with Crippen molar-refractivity contribution in [2.24, 2.45) is 5.92 Å². The summed E-state index contributed by atoms with van der Waals surface area (Å²) in [6.07, 6.45) is 1.50. The number of carbonyl (C=O) groups excluding carboxylic acids is 1. The van der Waals surface area contributed by atoms with Crippen LogP contribution in [-0.4, -0.2) is 32.9 Å². The fraction of sp³-hybridized carbons (Fsp3) is 0.400. The summed E-state index contributed by atoms with van der Waals surface area (Å²) in [6, 6.07) is 5.28. The normalized spacial score (nSPS) is 12.6. The van der Waals surface area contributed by atoms with Crippen LogP contribution in [0.15, 0.2) is 29.2 Å². The van der Waals surface area contributed by atoms with E-state index in [1.807, 2.05) is 13.0 Å². The number of halogens is 1. The van der Waals surface area contributed by atoms with Gasteiger partial charge in [-0.1, -0.05) is 6.92 Å². The van der Waals surface area contributed by atoms with E-state index in [4.69, 9.17) is 10.1 Å². The van der Waals surface area contributed by atoms with Gasteiger partial charge in [-0.2, -0.15) is 0 Å². The fourth-order valence-electron chi connectivity index (χ4n) is 2.84. The van der Waals surface area contributed by atoms with Gasteiger partial charge in [0.15, 0.2) is 0 Å². The molecule has 0 saturated heterocycles. The first kappa shape index (κ1) is 22.1. The smallest absolute Gasteiger partial charge is 0.352 e. The Morgan fingerprint density at radius 3 is 2.54 bits per heavy atom. The van der Waals surface area contributed by atoms with E-state index in [-0.39, 0.29) is 23.6 Å². The molecule has 1 unspecified atom stereocenters. The molecule has 1 aromatic carbocycles. The molecule has 1 atom stereocenters.